The third kappa shape index (κ3) is 4.47. The van der Waals surface area contributed by atoms with Crippen LogP contribution in [-0.2, 0) is 6.61 Å². The van der Waals surface area contributed by atoms with E-state index in [1.165, 1.54) is 0 Å². The first-order valence-electron chi connectivity index (χ1n) is 7.91. The number of benzene rings is 2. The largest absolute Gasteiger partial charge is 0.489 e. The number of nitrogens with zero attached hydrogens (tertiary/aromatic N) is 1. The van der Waals surface area contributed by atoms with Crippen molar-refractivity contribution in [2.24, 2.45) is 0 Å². The molecular formula is C19H25NO3. The van der Waals surface area contributed by atoms with Gasteiger partial charge in [0, 0.05) is 18.8 Å². The predicted octanol–water partition coefficient (Wildman–Crippen LogP) is 2.67. The first-order chi connectivity index (χ1) is 11.2. The van der Waals surface area contributed by atoms with E-state index >= 15 is 0 Å². The summed E-state index contributed by atoms with van der Waals surface area (Å²) in [4.78, 5) is 1.99. The van der Waals surface area contributed by atoms with Crippen molar-refractivity contribution in [2.45, 2.75) is 20.5 Å². The molecule has 0 saturated carbocycles. The van der Waals surface area contributed by atoms with Crippen LogP contribution in [-0.4, -0.2) is 36.5 Å². The minimum absolute atomic E-state index is 0.0603. The molecule has 2 N–H and O–H groups in total. The Balaban J connectivity index is 2.16. The molecule has 0 bridgehead atoms. The third-order valence-corrected chi connectivity index (χ3v) is 4.03. The summed E-state index contributed by atoms with van der Waals surface area (Å²) in [5, 5.41) is 18.4. The molecule has 0 aliphatic rings. The fourth-order valence-corrected chi connectivity index (χ4v) is 2.61. The highest BCUT2D eigenvalue weighted by Gasteiger charge is 2.13. The molecule has 0 atom stereocenters. The lowest BCUT2D eigenvalue weighted by molar-refractivity contribution is 0.281. The highest BCUT2D eigenvalue weighted by molar-refractivity contribution is 5.60. The van der Waals surface area contributed by atoms with Crippen molar-refractivity contribution < 1.29 is 14.9 Å². The standard InChI is InChI=1S/C19H25NO3/c1-15-16(2)19(23-14-17-6-4-3-5-7-17)9-8-18(15)20(10-12-21)11-13-22/h3-9,21-22H,10-14H2,1-2H3. The van der Waals surface area contributed by atoms with Gasteiger partial charge in [-0.2, -0.15) is 0 Å². The number of anilines is 1. The average molecular weight is 315 g/mol. The summed E-state index contributed by atoms with van der Waals surface area (Å²) in [6.45, 7) is 5.75. The van der Waals surface area contributed by atoms with Gasteiger partial charge in [0.15, 0.2) is 0 Å². The van der Waals surface area contributed by atoms with Crippen LogP contribution >= 0.6 is 0 Å². The number of rotatable bonds is 8. The molecule has 124 valence electrons. The lowest BCUT2D eigenvalue weighted by Crippen LogP contribution is -2.30. The summed E-state index contributed by atoms with van der Waals surface area (Å²) < 4.78 is 5.94. The van der Waals surface area contributed by atoms with Gasteiger partial charge in [-0.15, -0.1) is 0 Å². The summed E-state index contributed by atoms with van der Waals surface area (Å²) in [7, 11) is 0. The maximum absolute atomic E-state index is 9.20. The minimum Gasteiger partial charge on any atom is -0.489 e. The third-order valence-electron chi connectivity index (χ3n) is 4.03. The molecule has 0 spiro atoms. The second kappa shape index (κ2) is 8.56. The Hall–Kier alpha value is -2.04. The highest BCUT2D eigenvalue weighted by Crippen LogP contribution is 2.30. The van der Waals surface area contributed by atoms with Crippen molar-refractivity contribution >= 4 is 5.69 Å². The smallest absolute Gasteiger partial charge is 0.123 e. The van der Waals surface area contributed by atoms with E-state index in [9.17, 15) is 10.2 Å². The topological polar surface area (TPSA) is 52.9 Å². The van der Waals surface area contributed by atoms with Gasteiger partial charge < -0.3 is 19.8 Å². The van der Waals surface area contributed by atoms with Gasteiger partial charge in [-0.3, -0.25) is 0 Å². The fraction of sp³-hybridized carbons (Fsp3) is 0.368. The monoisotopic (exact) mass is 315 g/mol. The molecule has 23 heavy (non-hydrogen) atoms. The van der Waals surface area contributed by atoms with Crippen LogP contribution in [0.5, 0.6) is 5.75 Å². The first-order valence-corrected chi connectivity index (χ1v) is 7.91. The Morgan fingerprint density at radius 1 is 0.870 bits per heavy atom. The molecule has 0 saturated heterocycles. The molecule has 0 fully saturated rings. The van der Waals surface area contributed by atoms with E-state index in [0.29, 0.717) is 19.7 Å². The van der Waals surface area contributed by atoms with Crippen molar-refractivity contribution in [1.82, 2.24) is 0 Å². The van der Waals surface area contributed by atoms with Crippen molar-refractivity contribution in [3.63, 3.8) is 0 Å². The molecule has 0 heterocycles. The zero-order chi connectivity index (χ0) is 16.7. The fourth-order valence-electron chi connectivity index (χ4n) is 2.61. The van der Waals surface area contributed by atoms with Gasteiger partial charge in [-0.1, -0.05) is 30.3 Å². The molecule has 0 unspecified atom stereocenters. The molecule has 0 aliphatic heterocycles. The van der Waals surface area contributed by atoms with Gasteiger partial charge in [0.05, 0.1) is 13.2 Å². The highest BCUT2D eigenvalue weighted by atomic mass is 16.5. The summed E-state index contributed by atoms with van der Waals surface area (Å²) in [5.41, 5.74) is 4.35. The molecule has 0 aliphatic carbocycles. The number of hydrogen-bond acceptors (Lipinski definition) is 4. The summed E-state index contributed by atoms with van der Waals surface area (Å²) in [5.74, 6) is 0.864. The van der Waals surface area contributed by atoms with Crippen LogP contribution in [0.4, 0.5) is 5.69 Å². The van der Waals surface area contributed by atoms with E-state index in [0.717, 1.165) is 28.1 Å². The molecule has 0 aromatic heterocycles. The number of hydrogen-bond donors (Lipinski definition) is 2. The van der Waals surface area contributed by atoms with Crippen molar-refractivity contribution in [2.75, 3.05) is 31.2 Å². The van der Waals surface area contributed by atoms with Gasteiger partial charge in [0.2, 0.25) is 0 Å². The lowest BCUT2D eigenvalue weighted by atomic mass is 10.1. The second-order valence-electron chi connectivity index (χ2n) is 5.54. The molecule has 4 nitrogen and oxygen atoms in total. The van der Waals surface area contributed by atoms with Crippen LogP contribution < -0.4 is 9.64 Å². The van der Waals surface area contributed by atoms with Crippen LogP contribution in [0.15, 0.2) is 42.5 Å². The molecule has 0 radical (unpaired) electrons. The quantitative estimate of drug-likeness (QED) is 0.786. The molecule has 2 aromatic rings. The van der Waals surface area contributed by atoms with Gasteiger partial charge >= 0.3 is 0 Å². The average Bonchev–Trinajstić information content (AvgIpc) is 2.57. The van der Waals surface area contributed by atoms with E-state index in [1.54, 1.807) is 0 Å². The Kier molecular flexibility index (Phi) is 6.44. The van der Waals surface area contributed by atoms with Gasteiger partial charge in [-0.25, -0.2) is 0 Å². The Labute approximate surface area is 138 Å². The zero-order valence-electron chi connectivity index (χ0n) is 13.8. The van der Waals surface area contributed by atoms with Gasteiger partial charge in [0.1, 0.15) is 12.4 Å². The Morgan fingerprint density at radius 2 is 1.52 bits per heavy atom. The lowest BCUT2D eigenvalue weighted by Gasteiger charge is -2.26. The molecule has 4 heteroatoms. The summed E-state index contributed by atoms with van der Waals surface area (Å²) in [6.07, 6.45) is 0. The van der Waals surface area contributed by atoms with Crippen molar-refractivity contribution in [1.29, 1.82) is 0 Å². The normalized spacial score (nSPS) is 10.6. The van der Waals surface area contributed by atoms with E-state index < -0.39 is 0 Å². The zero-order valence-corrected chi connectivity index (χ0v) is 13.8. The maximum Gasteiger partial charge on any atom is 0.123 e. The van der Waals surface area contributed by atoms with Crippen LogP contribution in [0, 0.1) is 13.8 Å². The second-order valence-corrected chi connectivity index (χ2v) is 5.54. The van der Waals surface area contributed by atoms with E-state index in [4.69, 9.17) is 4.74 Å². The van der Waals surface area contributed by atoms with Gasteiger partial charge in [0.25, 0.3) is 0 Å². The number of aliphatic hydroxyl groups is 2. The van der Waals surface area contributed by atoms with E-state index in [2.05, 4.69) is 0 Å². The Bertz CT molecular complexity index is 608. The van der Waals surface area contributed by atoms with Gasteiger partial charge in [-0.05, 0) is 42.7 Å². The predicted molar refractivity (Wildman–Crippen MR) is 93.1 cm³/mol. The Morgan fingerprint density at radius 3 is 2.13 bits per heavy atom. The molecule has 2 rings (SSSR count). The first kappa shape index (κ1) is 17.3. The van der Waals surface area contributed by atoms with Crippen molar-refractivity contribution in [3.8, 4) is 5.75 Å². The molecule has 0 amide bonds. The van der Waals surface area contributed by atoms with Crippen LogP contribution in [0.25, 0.3) is 0 Å². The maximum atomic E-state index is 9.20. The molecule has 2 aromatic carbocycles. The van der Waals surface area contributed by atoms with E-state index in [1.807, 2.05) is 61.2 Å². The minimum atomic E-state index is 0.0603. The molecular weight excluding hydrogens is 290 g/mol. The summed E-state index contributed by atoms with van der Waals surface area (Å²) in [6, 6.07) is 14.0. The van der Waals surface area contributed by atoms with Crippen LogP contribution in [0.2, 0.25) is 0 Å². The van der Waals surface area contributed by atoms with Crippen LogP contribution in [0.3, 0.4) is 0 Å². The van der Waals surface area contributed by atoms with Crippen molar-refractivity contribution in [3.05, 3.63) is 59.2 Å². The summed E-state index contributed by atoms with van der Waals surface area (Å²) >= 11 is 0. The van der Waals surface area contributed by atoms with E-state index in [-0.39, 0.29) is 13.2 Å². The number of aliphatic hydroxyl groups excluding tert-OH is 2. The van der Waals surface area contributed by atoms with Crippen LogP contribution in [0.1, 0.15) is 16.7 Å². The SMILES string of the molecule is Cc1c(OCc2ccccc2)ccc(N(CCO)CCO)c1C. The number of ether oxygens (including phenoxy) is 1.